The number of fused-ring (bicyclic) bond motifs is 1. The van der Waals surface area contributed by atoms with Crippen molar-refractivity contribution in [1.29, 1.82) is 0 Å². The average Bonchev–Trinajstić information content (AvgIpc) is 2.66. The maximum atomic E-state index is 12.2. The molecule has 0 spiro atoms. The Morgan fingerprint density at radius 2 is 1.92 bits per heavy atom. The summed E-state index contributed by atoms with van der Waals surface area (Å²) in [5.41, 5.74) is 1.59. The van der Waals surface area contributed by atoms with Crippen LogP contribution in [0.4, 0.5) is 5.69 Å². The summed E-state index contributed by atoms with van der Waals surface area (Å²) in [5.74, 6) is 1.05. The van der Waals surface area contributed by atoms with Crippen LogP contribution in [0.25, 0.3) is 16.8 Å². The van der Waals surface area contributed by atoms with Crippen LogP contribution in [0.3, 0.4) is 0 Å². The fraction of sp³-hybridized carbons (Fsp3) is 0.100. The van der Waals surface area contributed by atoms with E-state index in [0.717, 1.165) is 22.0 Å². The summed E-state index contributed by atoms with van der Waals surface area (Å²) in [6.07, 6.45) is 6.69. The lowest BCUT2D eigenvalue weighted by Crippen LogP contribution is -2.08. The molecule has 0 radical (unpaired) electrons. The van der Waals surface area contributed by atoms with Gasteiger partial charge in [0.15, 0.2) is 11.5 Å². The summed E-state index contributed by atoms with van der Waals surface area (Å²) in [6.45, 7) is 0. The summed E-state index contributed by atoms with van der Waals surface area (Å²) in [4.78, 5) is 16.3. The van der Waals surface area contributed by atoms with E-state index in [-0.39, 0.29) is 5.91 Å². The Kier molecular flexibility index (Phi) is 4.95. The number of pyridine rings is 1. The van der Waals surface area contributed by atoms with Crippen molar-refractivity contribution in [1.82, 2.24) is 4.98 Å². The highest BCUT2D eigenvalue weighted by Crippen LogP contribution is 2.28. The van der Waals surface area contributed by atoms with Crippen molar-refractivity contribution in [2.75, 3.05) is 19.5 Å². The zero-order valence-electron chi connectivity index (χ0n) is 14.0. The first-order valence-electron chi connectivity index (χ1n) is 7.75. The zero-order chi connectivity index (χ0) is 17.6. The molecule has 0 saturated carbocycles. The van der Waals surface area contributed by atoms with E-state index in [0.29, 0.717) is 11.5 Å². The van der Waals surface area contributed by atoms with E-state index >= 15 is 0 Å². The van der Waals surface area contributed by atoms with Crippen molar-refractivity contribution >= 4 is 28.4 Å². The third-order valence-electron chi connectivity index (χ3n) is 3.77. The summed E-state index contributed by atoms with van der Waals surface area (Å²) in [6, 6.07) is 13.1. The molecule has 1 N–H and O–H groups in total. The minimum atomic E-state index is -0.209. The highest BCUT2D eigenvalue weighted by Gasteiger charge is 2.05. The van der Waals surface area contributed by atoms with Crippen LogP contribution in [-0.4, -0.2) is 25.1 Å². The van der Waals surface area contributed by atoms with E-state index in [4.69, 9.17) is 9.47 Å². The number of methoxy groups -OCH3 is 2. The third kappa shape index (κ3) is 3.77. The fourth-order valence-corrected chi connectivity index (χ4v) is 2.53. The second-order valence-electron chi connectivity index (χ2n) is 5.34. The standard InChI is InChI=1S/C20H18N2O3/c1-24-18-8-6-14(12-19(18)25-2)7-9-20(23)22-17-5-3-4-15-13-21-11-10-16(15)17/h3-13H,1-2H3,(H,22,23)/b9-7+. The minimum Gasteiger partial charge on any atom is -0.493 e. The number of ether oxygens (including phenoxy) is 2. The van der Waals surface area contributed by atoms with Crippen LogP contribution in [0.2, 0.25) is 0 Å². The van der Waals surface area contributed by atoms with Gasteiger partial charge in [-0.3, -0.25) is 9.78 Å². The van der Waals surface area contributed by atoms with Gasteiger partial charge >= 0.3 is 0 Å². The normalized spacial score (nSPS) is 10.8. The Hall–Kier alpha value is -3.34. The lowest BCUT2D eigenvalue weighted by atomic mass is 10.1. The number of benzene rings is 2. The first-order chi connectivity index (χ1) is 12.2. The van der Waals surface area contributed by atoms with Gasteiger partial charge in [-0.2, -0.15) is 0 Å². The number of hydrogen-bond acceptors (Lipinski definition) is 4. The topological polar surface area (TPSA) is 60.5 Å². The van der Waals surface area contributed by atoms with Crippen molar-refractivity contribution in [3.8, 4) is 11.5 Å². The number of nitrogens with one attached hydrogen (secondary N) is 1. The molecule has 1 aromatic heterocycles. The predicted octanol–water partition coefficient (Wildman–Crippen LogP) is 3.90. The first kappa shape index (κ1) is 16.5. The summed E-state index contributed by atoms with van der Waals surface area (Å²) in [5, 5.41) is 4.82. The Balaban J connectivity index is 1.77. The third-order valence-corrected chi connectivity index (χ3v) is 3.77. The maximum absolute atomic E-state index is 12.2. The van der Waals surface area contributed by atoms with Gasteiger partial charge in [0.05, 0.1) is 14.2 Å². The molecule has 1 amide bonds. The molecule has 3 rings (SSSR count). The van der Waals surface area contributed by atoms with Crippen LogP contribution in [0, 0.1) is 0 Å². The zero-order valence-corrected chi connectivity index (χ0v) is 14.0. The first-order valence-corrected chi connectivity index (χ1v) is 7.75. The van der Waals surface area contributed by atoms with Crippen LogP contribution in [0.15, 0.2) is 60.9 Å². The smallest absolute Gasteiger partial charge is 0.248 e. The van der Waals surface area contributed by atoms with Crippen molar-refractivity contribution in [2.24, 2.45) is 0 Å². The number of nitrogens with zero attached hydrogens (tertiary/aromatic N) is 1. The van der Waals surface area contributed by atoms with E-state index in [1.165, 1.54) is 6.08 Å². The van der Waals surface area contributed by atoms with Crippen molar-refractivity contribution in [3.05, 3.63) is 66.5 Å². The molecule has 1 heterocycles. The molecule has 0 aliphatic carbocycles. The molecule has 0 fully saturated rings. The van der Waals surface area contributed by atoms with Crippen molar-refractivity contribution < 1.29 is 14.3 Å². The van der Waals surface area contributed by atoms with Crippen LogP contribution in [-0.2, 0) is 4.79 Å². The second-order valence-corrected chi connectivity index (χ2v) is 5.34. The van der Waals surface area contributed by atoms with Gasteiger partial charge in [-0.25, -0.2) is 0 Å². The van der Waals surface area contributed by atoms with Gasteiger partial charge in [-0.05, 0) is 35.9 Å². The van der Waals surface area contributed by atoms with Gasteiger partial charge in [0, 0.05) is 34.9 Å². The summed E-state index contributed by atoms with van der Waals surface area (Å²) in [7, 11) is 3.16. The van der Waals surface area contributed by atoms with Gasteiger partial charge in [-0.15, -0.1) is 0 Å². The predicted molar refractivity (Wildman–Crippen MR) is 99.0 cm³/mol. The van der Waals surface area contributed by atoms with Gasteiger partial charge in [-0.1, -0.05) is 18.2 Å². The van der Waals surface area contributed by atoms with Crippen LogP contribution < -0.4 is 14.8 Å². The van der Waals surface area contributed by atoms with Crippen molar-refractivity contribution in [3.63, 3.8) is 0 Å². The number of carbonyl (C=O) groups excluding carboxylic acids is 1. The summed E-state index contributed by atoms with van der Waals surface area (Å²) >= 11 is 0. The Bertz CT molecular complexity index is 930. The Labute approximate surface area is 145 Å². The SMILES string of the molecule is COc1ccc(/C=C/C(=O)Nc2cccc3cnccc23)cc1OC. The number of anilines is 1. The van der Waals surface area contributed by atoms with Gasteiger partial charge in [0.2, 0.25) is 5.91 Å². The quantitative estimate of drug-likeness (QED) is 0.719. The number of hydrogen-bond donors (Lipinski definition) is 1. The van der Waals surface area contributed by atoms with Crippen LogP contribution in [0.1, 0.15) is 5.56 Å². The molecule has 0 atom stereocenters. The largest absolute Gasteiger partial charge is 0.493 e. The maximum Gasteiger partial charge on any atom is 0.248 e. The van der Waals surface area contributed by atoms with E-state index in [2.05, 4.69) is 10.3 Å². The van der Waals surface area contributed by atoms with Gasteiger partial charge in [0.1, 0.15) is 0 Å². The lowest BCUT2D eigenvalue weighted by Gasteiger charge is -2.08. The molecule has 5 heteroatoms. The molecule has 0 aliphatic heterocycles. The monoisotopic (exact) mass is 334 g/mol. The highest BCUT2D eigenvalue weighted by molar-refractivity contribution is 6.07. The Morgan fingerprint density at radius 3 is 2.72 bits per heavy atom. The molecule has 25 heavy (non-hydrogen) atoms. The average molecular weight is 334 g/mol. The van der Waals surface area contributed by atoms with E-state index < -0.39 is 0 Å². The number of rotatable bonds is 5. The van der Waals surface area contributed by atoms with E-state index in [9.17, 15) is 4.79 Å². The number of aromatic nitrogens is 1. The van der Waals surface area contributed by atoms with E-state index in [1.807, 2.05) is 36.4 Å². The van der Waals surface area contributed by atoms with E-state index in [1.54, 1.807) is 38.8 Å². The molecule has 126 valence electrons. The van der Waals surface area contributed by atoms with Crippen LogP contribution >= 0.6 is 0 Å². The molecular formula is C20H18N2O3. The molecule has 0 unspecified atom stereocenters. The molecule has 0 aliphatic rings. The molecule has 5 nitrogen and oxygen atoms in total. The highest BCUT2D eigenvalue weighted by atomic mass is 16.5. The van der Waals surface area contributed by atoms with Gasteiger partial charge in [0.25, 0.3) is 0 Å². The summed E-state index contributed by atoms with van der Waals surface area (Å²) < 4.78 is 10.5. The number of amides is 1. The minimum absolute atomic E-state index is 0.209. The molecule has 3 aromatic rings. The van der Waals surface area contributed by atoms with Crippen LogP contribution in [0.5, 0.6) is 11.5 Å². The molecular weight excluding hydrogens is 316 g/mol. The van der Waals surface area contributed by atoms with Crippen molar-refractivity contribution in [2.45, 2.75) is 0 Å². The Morgan fingerprint density at radius 1 is 1.08 bits per heavy atom. The van der Waals surface area contributed by atoms with Gasteiger partial charge < -0.3 is 14.8 Å². The number of carbonyl (C=O) groups is 1. The fourth-order valence-electron chi connectivity index (χ4n) is 2.53. The second kappa shape index (κ2) is 7.49. The molecule has 0 bridgehead atoms. The molecule has 2 aromatic carbocycles. The molecule has 0 saturated heterocycles. The lowest BCUT2D eigenvalue weighted by molar-refractivity contribution is -0.111.